The third-order valence-corrected chi connectivity index (χ3v) is 0. The molecule has 0 bridgehead atoms. The summed E-state index contributed by atoms with van der Waals surface area (Å²) in [5, 5.41) is 0. The van der Waals surface area contributed by atoms with Crippen molar-refractivity contribution in [3.8, 4) is 0 Å². The van der Waals surface area contributed by atoms with Gasteiger partial charge in [0, 0.05) is 0 Å². The molecule has 0 unspecified atom stereocenters. The summed E-state index contributed by atoms with van der Waals surface area (Å²) in [6.45, 7) is 0. The van der Waals surface area contributed by atoms with Gasteiger partial charge in [-0.2, -0.15) is 0 Å². The van der Waals surface area contributed by atoms with Crippen molar-refractivity contribution in [2.24, 2.45) is 0 Å². The Bertz CT molecular complexity index is 25.9. The van der Waals surface area contributed by atoms with Crippen molar-refractivity contribution in [3.05, 3.63) is 0 Å². The first-order valence-corrected chi connectivity index (χ1v) is 0. The van der Waals surface area contributed by atoms with Crippen LogP contribution in [0.4, 0.5) is 0 Å². The molecule has 0 aromatic carbocycles. The predicted molar refractivity (Wildman–Crippen MR) is 68.2 cm³/mol. The minimum Gasteiger partial charge on any atom is -1.00 e. The SMILES string of the molecule is Cl.Cl.Cl.Cl.Cl.[H-].[H-].[H-].[H-].[H-].[H-].[H-].[H-].[Mg+2].[Mg+2].[Mg+2].[Mg+2]. The van der Waals surface area contributed by atoms with E-state index >= 15 is 0 Å². The Morgan fingerprint density at radius 3 is 0.333 bits per heavy atom. The van der Waals surface area contributed by atoms with Crippen LogP contribution in [0.3, 0.4) is 0 Å². The molecule has 0 nitrogen and oxygen atoms in total. The van der Waals surface area contributed by atoms with E-state index in [1.165, 1.54) is 0 Å². The molecule has 9 heavy (non-hydrogen) atoms. The molecule has 0 aromatic heterocycles. The minimum absolute atomic E-state index is 0. The van der Waals surface area contributed by atoms with Crippen molar-refractivity contribution in [2.75, 3.05) is 0 Å². The summed E-state index contributed by atoms with van der Waals surface area (Å²) >= 11 is 0. The average Bonchev–Trinajstić information content (AvgIpc) is 0. The zero-order valence-corrected chi connectivity index (χ0v) is 14.6. The van der Waals surface area contributed by atoms with Crippen molar-refractivity contribution >= 4 is 154 Å². The van der Waals surface area contributed by atoms with Crippen molar-refractivity contribution < 1.29 is 11.4 Å². The van der Waals surface area contributed by atoms with Crippen LogP contribution < -0.4 is 0 Å². The summed E-state index contributed by atoms with van der Waals surface area (Å²) in [6.07, 6.45) is 0. The first-order valence-electron chi connectivity index (χ1n) is 0. The standard InChI is InChI=1S/5ClH.4Mg.8H/h5*1H;;;;;;;;;;;;/q;;;;;4*+2;8*-1. The van der Waals surface area contributed by atoms with E-state index in [4.69, 9.17) is 0 Å². The Hall–Kier alpha value is 4.51. The van der Waals surface area contributed by atoms with E-state index in [2.05, 4.69) is 0 Å². The average molecular weight is 288 g/mol. The third kappa shape index (κ3) is 67.9. The van der Waals surface area contributed by atoms with Crippen molar-refractivity contribution in [2.45, 2.75) is 0 Å². The van der Waals surface area contributed by atoms with Crippen LogP contribution in [0.2, 0.25) is 0 Å². The summed E-state index contributed by atoms with van der Waals surface area (Å²) in [7, 11) is 0. The maximum atomic E-state index is 0. The molecule has 0 aromatic rings. The van der Waals surface area contributed by atoms with Gasteiger partial charge < -0.3 is 11.4 Å². The van der Waals surface area contributed by atoms with Crippen molar-refractivity contribution in [1.82, 2.24) is 0 Å². The van der Waals surface area contributed by atoms with Gasteiger partial charge in [0.2, 0.25) is 0 Å². The normalized spacial score (nSPS) is 0. The Balaban J connectivity index is 0. The van der Waals surface area contributed by atoms with Crippen LogP contribution >= 0.6 is 62.0 Å². The second-order valence-corrected chi connectivity index (χ2v) is 0. The smallest absolute Gasteiger partial charge is 1.00 e. The maximum Gasteiger partial charge on any atom is 2.00 e. The molecule has 0 aliphatic rings. The van der Waals surface area contributed by atoms with Crippen LogP contribution in [-0.4, -0.2) is 92.2 Å². The molecule has 9 heteroatoms. The van der Waals surface area contributed by atoms with Gasteiger partial charge in [0.25, 0.3) is 0 Å². The van der Waals surface area contributed by atoms with Crippen molar-refractivity contribution in [3.63, 3.8) is 0 Å². The Labute approximate surface area is 163 Å². The summed E-state index contributed by atoms with van der Waals surface area (Å²) < 4.78 is 0. The van der Waals surface area contributed by atoms with E-state index in [9.17, 15) is 0 Å². The molecule has 56 valence electrons. The molecule has 0 fully saturated rings. The fourth-order valence-corrected chi connectivity index (χ4v) is 0. The summed E-state index contributed by atoms with van der Waals surface area (Å²) in [6, 6.07) is 0. The van der Waals surface area contributed by atoms with Gasteiger partial charge in [0.15, 0.2) is 0 Å². The van der Waals surface area contributed by atoms with Gasteiger partial charge in [-0.05, 0) is 0 Å². The Morgan fingerprint density at radius 1 is 0.333 bits per heavy atom. The number of halogens is 5. The molecule has 0 radical (unpaired) electrons. The van der Waals surface area contributed by atoms with Gasteiger partial charge in [0.1, 0.15) is 0 Å². The Kier molecular flexibility index (Phi) is 939. The fourth-order valence-electron chi connectivity index (χ4n) is 0. The minimum atomic E-state index is 0. The third-order valence-electron chi connectivity index (χ3n) is 0. The van der Waals surface area contributed by atoms with Crippen LogP contribution in [0.15, 0.2) is 0 Å². The summed E-state index contributed by atoms with van der Waals surface area (Å²) in [5.41, 5.74) is 0. The molecule has 0 aliphatic heterocycles. The molecule has 0 atom stereocenters. The first kappa shape index (κ1) is 104. The summed E-state index contributed by atoms with van der Waals surface area (Å²) in [5.74, 6) is 0. The van der Waals surface area contributed by atoms with Crippen LogP contribution in [0, 0.1) is 0 Å². The molecular weight excluding hydrogens is 274 g/mol. The van der Waals surface area contributed by atoms with E-state index in [0.717, 1.165) is 0 Å². The van der Waals surface area contributed by atoms with Crippen LogP contribution in [0.1, 0.15) is 11.4 Å². The van der Waals surface area contributed by atoms with E-state index in [0.29, 0.717) is 0 Å². The first-order chi connectivity index (χ1) is 0. The molecule has 0 heterocycles. The fraction of sp³-hybridized carbons (Fsp3) is 0. The molecule has 0 aliphatic carbocycles. The zero-order chi connectivity index (χ0) is 0. The quantitative estimate of drug-likeness (QED) is 0.592. The zero-order valence-electron chi connectivity index (χ0n) is 12.9. The van der Waals surface area contributed by atoms with E-state index in [1.807, 2.05) is 0 Å². The molecule has 0 saturated heterocycles. The largest absolute Gasteiger partial charge is 2.00 e. The molecular formula is H13Cl5Mg4. The van der Waals surface area contributed by atoms with Gasteiger partial charge in [0.05, 0.1) is 0 Å². The van der Waals surface area contributed by atoms with Gasteiger partial charge in [-0.25, -0.2) is 0 Å². The van der Waals surface area contributed by atoms with Crippen LogP contribution in [0.5, 0.6) is 0 Å². The van der Waals surface area contributed by atoms with Crippen molar-refractivity contribution in [1.29, 1.82) is 0 Å². The number of rotatable bonds is 0. The van der Waals surface area contributed by atoms with E-state index < -0.39 is 0 Å². The van der Waals surface area contributed by atoms with Crippen LogP contribution in [0.25, 0.3) is 0 Å². The van der Waals surface area contributed by atoms with E-state index in [1.54, 1.807) is 0 Å². The maximum absolute atomic E-state index is 0. The molecule has 0 saturated carbocycles. The number of hydrogen-bond donors (Lipinski definition) is 0. The number of hydrogen-bond acceptors (Lipinski definition) is 0. The van der Waals surface area contributed by atoms with E-state index in [-0.39, 0.29) is 166 Å². The van der Waals surface area contributed by atoms with Gasteiger partial charge in [-0.15, -0.1) is 62.0 Å². The molecule has 0 spiro atoms. The monoisotopic (exact) mass is 284 g/mol. The second-order valence-electron chi connectivity index (χ2n) is 0. The topological polar surface area (TPSA) is 0 Å². The summed E-state index contributed by atoms with van der Waals surface area (Å²) in [4.78, 5) is 0. The van der Waals surface area contributed by atoms with Gasteiger partial charge >= 0.3 is 92.2 Å². The molecule has 0 rings (SSSR count). The Morgan fingerprint density at radius 2 is 0.333 bits per heavy atom. The second kappa shape index (κ2) is 81.4. The van der Waals surface area contributed by atoms with Gasteiger partial charge in [-0.3, -0.25) is 0 Å². The predicted octanol–water partition coefficient (Wildman–Crippen LogP) is 1.49. The molecule has 0 amide bonds. The van der Waals surface area contributed by atoms with Gasteiger partial charge in [-0.1, -0.05) is 0 Å². The molecule has 0 N–H and O–H groups in total. The van der Waals surface area contributed by atoms with Crippen LogP contribution in [-0.2, 0) is 0 Å².